The van der Waals surface area contributed by atoms with Gasteiger partial charge >= 0.3 is 0 Å². The molecule has 0 radical (unpaired) electrons. The number of ether oxygens (including phenoxy) is 1. The first-order valence-corrected chi connectivity index (χ1v) is 10.2. The number of fused-ring (bicyclic) bond motifs is 1. The Balaban J connectivity index is 0.00000320. The van der Waals surface area contributed by atoms with Crippen LogP contribution in [0, 0.1) is 0 Å². The van der Waals surface area contributed by atoms with Crippen molar-refractivity contribution >= 4 is 53.1 Å². The SMILES string of the molecule is CCNC(=NCC1CC(=O)Nc2ccccc21)NCCc1ccc(OC)cc1Cl.I. The number of anilines is 1. The molecule has 3 rings (SSSR count). The Bertz CT molecular complexity index is 891. The summed E-state index contributed by atoms with van der Waals surface area (Å²) in [6.07, 6.45) is 1.21. The molecule has 0 aliphatic carbocycles. The second kappa shape index (κ2) is 12.0. The smallest absolute Gasteiger partial charge is 0.225 e. The molecule has 0 fully saturated rings. The fourth-order valence-electron chi connectivity index (χ4n) is 3.38. The van der Waals surface area contributed by atoms with Gasteiger partial charge in [0, 0.05) is 36.1 Å². The highest BCUT2D eigenvalue weighted by Gasteiger charge is 2.24. The van der Waals surface area contributed by atoms with Crippen molar-refractivity contribution in [1.82, 2.24) is 10.6 Å². The maximum Gasteiger partial charge on any atom is 0.225 e. The average Bonchev–Trinajstić information content (AvgIpc) is 2.72. The van der Waals surface area contributed by atoms with Gasteiger partial charge in [-0.2, -0.15) is 0 Å². The molecule has 1 unspecified atom stereocenters. The Morgan fingerprint density at radius 3 is 2.80 bits per heavy atom. The second-order valence-electron chi connectivity index (χ2n) is 6.89. The zero-order chi connectivity index (χ0) is 20.6. The van der Waals surface area contributed by atoms with Crippen molar-refractivity contribution in [3.8, 4) is 5.75 Å². The number of halogens is 2. The number of carbonyl (C=O) groups excluding carboxylic acids is 1. The van der Waals surface area contributed by atoms with Crippen LogP contribution < -0.4 is 20.7 Å². The summed E-state index contributed by atoms with van der Waals surface area (Å²) in [6, 6.07) is 13.6. The van der Waals surface area contributed by atoms with Crippen LogP contribution in [-0.2, 0) is 11.2 Å². The predicted octanol–water partition coefficient (Wildman–Crippen LogP) is 4.19. The first kappa shape index (κ1) is 24.3. The van der Waals surface area contributed by atoms with Crippen molar-refractivity contribution in [2.24, 2.45) is 4.99 Å². The Hall–Kier alpha value is -2.00. The van der Waals surface area contributed by atoms with E-state index in [1.54, 1.807) is 7.11 Å². The molecule has 1 heterocycles. The summed E-state index contributed by atoms with van der Waals surface area (Å²) < 4.78 is 5.19. The number of hydrogen-bond acceptors (Lipinski definition) is 3. The number of nitrogens with zero attached hydrogens (tertiary/aromatic N) is 1. The highest BCUT2D eigenvalue weighted by Crippen LogP contribution is 2.32. The van der Waals surface area contributed by atoms with Gasteiger partial charge in [-0.1, -0.05) is 35.9 Å². The van der Waals surface area contributed by atoms with Crippen LogP contribution in [0.4, 0.5) is 5.69 Å². The minimum atomic E-state index is 0. The summed E-state index contributed by atoms with van der Waals surface area (Å²) in [5.74, 6) is 1.60. The second-order valence-corrected chi connectivity index (χ2v) is 7.30. The first-order chi connectivity index (χ1) is 14.1. The van der Waals surface area contributed by atoms with Crippen molar-refractivity contribution in [3.05, 3.63) is 58.6 Å². The van der Waals surface area contributed by atoms with E-state index in [-0.39, 0.29) is 35.8 Å². The maximum atomic E-state index is 12.0. The van der Waals surface area contributed by atoms with Crippen LogP contribution in [0.2, 0.25) is 5.02 Å². The Morgan fingerprint density at radius 2 is 2.07 bits per heavy atom. The van der Waals surface area contributed by atoms with Gasteiger partial charge in [-0.15, -0.1) is 24.0 Å². The minimum Gasteiger partial charge on any atom is -0.497 e. The molecule has 1 amide bonds. The molecule has 2 aromatic rings. The molecule has 8 heteroatoms. The summed E-state index contributed by atoms with van der Waals surface area (Å²) in [6.45, 7) is 4.03. The number of hydrogen-bond donors (Lipinski definition) is 3. The molecule has 0 bridgehead atoms. The molecule has 2 aromatic carbocycles. The third kappa shape index (κ3) is 6.50. The fraction of sp³-hybridized carbons (Fsp3) is 0.364. The van der Waals surface area contributed by atoms with E-state index in [1.165, 1.54) is 0 Å². The third-order valence-corrected chi connectivity index (χ3v) is 5.22. The highest BCUT2D eigenvalue weighted by molar-refractivity contribution is 14.0. The van der Waals surface area contributed by atoms with Gasteiger partial charge in [-0.3, -0.25) is 9.79 Å². The fourth-order valence-corrected chi connectivity index (χ4v) is 3.65. The number of carbonyl (C=O) groups is 1. The number of rotatable bonds is 7. The van der Waals surface area contributed by atoms with Gasteiger partial charge in [0.1, 0.15) is 5.75 Å². The largest absolute Gasteiger partial charge is 0.497 e. The maximum absolute atomic E-state index is 12.0. The van der Waals surface area contributed by atoms with E-state index < -0.39 is 0 Å². The quantitative estimate of drug-likeness (QED) is 0.279. The monoisotopic (exact) mass is 542 g/mol. The molecule has 0 aromatic heterocycles. The number of amides is 1. The van der Waals surface area contributed by atoms with Gasteiger partial charge in [0.25, 0.3) is 0 Å². The Morgan fingerprint density at radius 1 is 1.27 bits per heavy atom. The summed E-state index contributed by atoms with van der Waals surface area (Å²) in [7, 11) is 1.63. The zero-order valence-corrected chi connectivity index (χ0v) is 20.3. The van der Waals surface area contributed by atoms with E-state index in [0.29, 0.717) is 24.5 Å². The summed E-state index contributed by atoms with van der Waals surface area (Å²) in [5.41, 5.74) is 3.07. The standard InChI is InChI=1S/C22H27ClN4O2.HI/c1-3-24-22(25-11-10-15-8-9-17(29-2)13-19(15)23)26-14-16-12-21(28)27-20-7-5-4-6-18(16)20;/h4-9,13,16H,3,10-12,14H2,1-2H3,(H,27,28)(H2,24,25,26);1H. The molecule has 1 atom stereocenters. The van der Waals surface area contributed by atoms with Crippen molar-refractivity contribution in [2.75, 3.05) is 32.1 Å². The van der Waals surface area contributed by atoms with Crippen LogP contribution in [0.25, 0.3) is 0 Å². The zero-order valence-electron chi connectivity index (χ0n) is 17.2. The molecule has 1 aliphatic rings. The normalized spacial score (nSPS) is 15.5. The van der Waals surface area contributed by atoms with Gasteiger partial charge in [0.05, 0.1) is 13.7 Å². The molecule has 3 N–H and O–H groups in total. The van der Waals surface area contributed by atoms with Gasteiger partial charge in [-0.05, 0) is 42.7 Å². The lowest BCUT2D eigenvalue weighted by molar-refractivity contribution is -0.116. The summed E-state index contributed by atoms with van der Waals surface area (Å²) in [4.78, 5) is 16.7. The lowest BCUT2D eigenvalue weighted by Crippen LogP contribution is -2.39. The average molecular weight is 543 g/mol. The minimum absolute atomic E-state index is 0. The van der Waals surface area contributed by atoms with Crippen molar-refractivity contribution in [2.45, 2.75) is 25.7 Å². The molecule has 162 valence electrons. The van der Waals surface area contributed by atoms with E-state index in [2.05, 4.69) is 22.0 Å². The van der Waals surface area contributed by atoms with Crippen LogP contribution in [-0.4, -0.2) is 38.6 Å². The third-order valence-electron chi connectivity index (χ3n) is 4.87. The molecular weight excluding hydrogens is 515 g/mol. The van der Waals surface area contributed by atoms with E-state index >= 15 is 0 Å². The summed E-state index contributed by atoms with van der Waals surface area (Å²) in [5, 5.41) is 10.2. The van der Waals surface area contributed by atoms with Crippen LogP contribution in [0.5, 0.6) is 5.75 Å². The number of guanidine groups is 1. The van der Waals surface area contributed by atoms with Crippen LogP contribution >= 0.6 is 35.6 Å². The van der Waals surface area contributed by atoms with E-state index in [1.807, 2.05) is 43.3 Å². The molecule has 0 saturated heterocycles. The van der Waals surface area contributed by atoms with Crippen LogP contribution in [0.1, 0.15) is 30.4 Å². The number of methoxy groups -OCH3 is 1. The van der Waals surface area contributed by atoms with Gasteiger partial charge in [-0.25, -0.2) is 0 Å². The Kier molecular flexibility index (Phi) is 9.71. The van der Waals surface area contributed by atoms with Crippen molar-refractivity contribution in [1.29, 1.82) is 0 Å². The van der Waals surface area contributed by atoms with Gasteiger partial charge < -0.3 is 20.7 Å². The highest BCUT2D eigenvalue weighted by atomic mass is 127. The van der Waals surface area contributed by atoms with Crippen molar-refractivity contribution < 1.29 is 9.53 Å². The molecule has 0 spiro atoms. The first-order valence-electron chi connectivity index (χ1n) is 9.84. The molecule has 0 saturated carbocycles. The van der Waals surface area contributed by atoms with Crippen molar-refractivity contribution in [3.63, 3.8) is 0 Å². The lowest BCUT2D eigenvalue weighted by Gasteiger charge is -2.24. The van der Waals surface area contributed by atoms with E-state index in [9.17, 15) is 4.79 Å². The van der Waals surface area contributed by atoms with Gasteiger partial charge in [0.2, 0.25) is 5.91 Å². The molecule has 30 heavy (non-hydrogen) atoms. The topological polar surface area (TPSA) is 74.8 Å². The number of para-hydroxylation sites is 1. The lowest BCUT2D eigenvalue weighted by atomic mass is 9.91. The number of aliphatic imine (C=N–C) groups is 1. The van der Waals surface area contributed by atoms with Gasteiger partial charge in [0.15, 0.2) is 5.96 Å². The van der Waals surface area contributed by atoms with Crippen LogP contribution in [0.3, 0.4) is 0 Å². The molecular formula is C22H28ClIN4O2. The molecule has 1 aliphatic heterocycles. The number of nitrogens with one attached hydrogen (secondary N) is 3. The summed E-state index contributed by atoms with van der Waals surface area (Å²) >= 11 is 6.32. The van der Waals surface area contributed by atoms with Crippen LogP contribution in [0.15, 0.2) is 47.5 Å². The number of benzene rings is 2. The van der Waals surface area contributed by atoms with E-state index in [4.69, 9.17) is 21.3 Å². The Labute approximate surface area is 199 Å². The van der Waals surface area contributed by atoms with E-state index in [0.717, 1.165) is 41.5 Å². The predicted molar refractivity (Wildman–Crippen MR) is 134 cm³/mol. The molecule has 6 nitrogen and oxygen atoms in total.